The first-order valence-corrected chi connectivity index (χ1v) is 7.30. The summed E-state index contributed by atoms with van der Waals surface area (Å²) in [6, 6.07) is 12.5. The van der Waals surface area contributed by atoms with Crippen molar-refractivity contribution >= 4 is 0 Å². The maximum atomic E-state index is 13.4. The van der Waals surface area contributed by atoms with Gasteiger partial charge in [0.1, 0.15) is 6.10 Å². The normalized spacial score (nSPS) is 16.3. The van der Waals surface area contributed by atoms with Crippen molar-refractivity contribution in [3.8, 4) is 5.75 Å². The minimum Gasteiger partial charge on any atom is -0.494 e. The highest BCUT2D eigenvalue weighted by molar-refractivity contribution is 5.37. The van der Waals surface area contributed by atoms with Crippen molar-refractivity contribution in [2.45, 2.75) is 31.3 Å². The van der Waals surface area contributed by atoms with Gasteiger partial charge in [0.05, 0.1) is 7.11 Å². The van der Waals surface area contributed by atoms with Gasteiger partial charge in [0, 0.05) is 0 Å². The molecule has 0 spiro atoms. The highest BCUT2D eigenvalue weighted by Crippen LogP contribution is 2.37. The minimum absolute atomic E-state index is 0.151. The Labute approximate surface area is 124 Å². The summed E-state index contributed by atoms with van der Waals surface area (Å²) in [5.74, 6) is 0.411. The number of aliphatic hydroxyl groups is 1. The lowest BCUT2D eigenvalue weighted by atomic mass is 9.80. The summed E-state index contributed by atoms with van der Waals surface area (Å²) in [6.45, 7) is 0. The second-order valence-electron chi connectivity index (χ2n) is 5.59. The number of methoxy groups -OCH3 is 1. The Morgan fingerprint density at radius 2 is 1.76 bits per heavy atom. The number of halogens is 1. The third kappa shape index (κ3) is 2.79. The van der Waals surface area contributed by atoms with Gasteiger partial charge >= 0.3 is 0 Å². The van der Waals surface area contributed by atoms with E-state index in [1.807, 2.05) is 12.1 Å². The van der Waals surface area contributed by atoms with Crippen molar-refractivity contribution in [3.63, 3.8) is 0 Å². The van der Waals surface area contributed by atoms with Gasteiger partial charge in [0.25, 0.3) is 0 Å². The molecule has 3 rings (SSSR count). The van der Waals surface area contributed by atoms with Crippen LogP contribution in [-0.2, 0) is 0 Å². The zero-order valence-corrected chi connectivity index (χ0v) is 12.1. The van der Waals surface area contributed by atoms with Gasteiger partial charge in [-0.25, -0.2) is 4.39 Å². The zero-order valence-electron chi connectivity index (χ0n) is 12.1. The summed E-state index contributed by atoms with van der Waals surface area (Å²) in [5, 5.41) is 10.4. The van der Waals surface area contributed by atoms with Crippen LogP contribution in [0.5, 0.6) is 5.75 Å². The van der Waals surface area contributed by atoms with E-state index >= 15 is 0 Å². The SMILES string of the molecule is COc1cc(C(O)c2ccc(C3CCC3)cc2)ccc1F. The molecule has 1 fully saturated rings. The van der Waals surface area contributed by atoms with Crippen LogP contribution in [-0.4, -0.2) is 12.2 Å². The van der Waals surface area contributed by atoms with Crippen LogP contribution in [0.25, 0.3) is 0 Å². The third-order valence-electron chi connectivity index (χ3n) is 4.32. The molecule has 2 aromatic carbocycles. The lowest BCUT2D eigenvalue weighted by molar-refractivity contribution is 0.219. The maximum absolute atomic E-state index is 13.4. The molecule has 1 aliphatic carbocycles. The quantitative estimate of drug-likeness (QED) is 0.913. The van der Waals surface area contributed by atoms with Crippen molar-refractivity contribution in [1.29, 1.82) is 0 Å². The van der Waals surface area contributed by atoms with E-state index in [9.17, 15) is 9.50 Å². The standard InChI is InChI=1S/C18H19FO2/c1-21-17-11-15(9-10-16(17)19)18(20)14-7-5-13(6-8-14)12-3-2-4-12/h5-12,18,20H,2-4H2,1H3. The lowest BCUT2D eigenvalue weighted by Gasteiger charge is -2.26. The van der Waals surface area contributed by atoms with Crippen molar-refractivity contribution in [2.24, 2.45) is 0 Å². The van der Waals surface area contributed by atoms with Gasteiger partial charge in [0.2, 0.25) is 0 Å². The van der Waals surface area contributed by atoms with E-state index in [0.29, 0.717) is 11.5 Å². The molecule has 0 amide bonds. The molecule has 0 aliphatic heterocycles. The van der Waals surface area contributed by atoms with Gasteiger partial charge in [-0.05, 0) is 47.6 Å². The molecular weight excluding hydrogens is 267 g/mol. The molecule has 0 radical (unpaired) electrons. The van der Waals surface area contributed by atoms with E-state index in [2.05, 4.69) is 12.1 Å². The molecule has 0 saturated heterocycles. The van der Waals surface area contributed by atoms with Crippen LogP contribution < -0.4 is 4.74 Å². The fraction of sp³-hybridized carbons (Fsp3) is 0.333. The van der Waals surface area contributed by atoms with Gasteiger partial charge in [-0.2, -0.15) is 0 Å². The molecule has 110 valence electrons. The predicted octanol–water partition coefficient (Wildman–Crippen LogP) is 4.18. The van der Waals surface area contributed by atoms with Crippen molar-refractivity contribution in [2.75, 3.05) is 7.11 Å². The van der Waals surface area contributed by atoms with E-state index < -0.39 is 11.9 Å². The van der Waals surface area contributed by atoms with Gasteiger partial charge in [-0.1, -0.05) is 36.8 Å². The van der Waals surface area contributed by atoms with Crippen molar-refractivity contribution in [3.05, 3.63) is 65.0 Å². The summed E-state index contributed by atoms with van der Waals surface area (Å²) >= 11 is 0. The Morgan fingerprint density at radius 1 is 1.10 bits per heavy atom. The highest BCUT2D eigenvalue weighted by atomic mass is 19.1. The Balaban J connectivity index is 1.82. The smallest absolute Gasteiger partial charge is 0.165 e. The van der Waals surface area contributed by atoms with Gasteiger partial charge in [-0.15, -0.1) is 0 Å². The lowest BCUT2D eigenvalue weighted by Crippen LogP contribution is -2.09. The van der Waals surface area contributed by atoms with E-state index in [0.717, 1.165) is 5.56 Å². The van der Waals surface area contributed by atoms with Crippen LogP contribution in [0.3, 0.4) is 0 Å². The Morgan fingerprint density at radius 3 is 2.33 bits per heavy atom. The number of ether oxygens (including phenoxy) is 1. The number of hydrogen-bond donors (Lipinski definition) is 1. The van der Waals surface area contributed by atoms with Crippen LogP contribution in [0.15, 0.2) is 42.5 Å². The first kappa shape index (κ1) is 14.1. The van der Waals surface area contributed by atoms with Gasteiger partial charge in [-0.3, -0.25) is 0 Å². The zero-order chi connectivity index (χ0) is 14.8. The molecule has 1 aliphatic rings. The molecule has 1 unspecified atom stereocenters. The van der Waals surface area contributed by atoms with Gasteiger partial charge < -0.3 is 9.84 Å². The summed E-state index contributed by atoms with van der Waals surface area (Å²) < 4.78 is 18.4. The van der Waals surface area contributed by atoms with E-state index in [1.165, 1.54) is 38.0 Å². The third-order valence-corrected chi connectivity index (χ3v) is 4.32. The Kier molecular flexibility index (Phi) is 3.93. The number of benzene rings is 2. The maximum Gasteiger partial charge on any atom is 0.165 e. The molecule has 0 aromatic heterocycles. The van der Waals surface area contributed by atoms with Crippen LogP contribution >= 0.6 is 0 Å². The molecule has 1 N–H and O–H groups in total. The van der Waals surface area contributed by atoms with Gasteiger partial charge in [0.15, 0.2) is 11.6 Å². The van der Waals surface area contributed by atoms with Crippen LogP contribution in [0.4, 0.5) is 4.39 Å². The second-order valence-corrected chi connectivity index (χ2v) is 5.59. The summed E-state index contributed by atoms with van der Waals surface area (Å²) in [5.41, 5.74) is 2.78. The van der Waals surface area contributed by atoms with E-state index in [4.69, 9.17) is 4.74 Å². The largest absolute Gasteiger partial charge is 0.494 e. The van der Waals surface area contributed by atoms with Crippen molar-refractivity contribution in [1.82, 2.24) is 0 Å². The van der Waals surface area contributed by atoms with Crippen LogP contribution in [0.2, 0.25) is 0 Å². The predicted molar refractivity (Wildman–Crippen MR) is 80.0 cm³/mol. The fourth-order valence-corrected chi connectivity index (χ4v) is 2.73. The molecule has 3 heteroatoms. The number of aliphatic hydroxyl groups excluding tert-OH is 1. The summed E-state index contributed by atoms with van der Waals surface area (Å²) in [7, 11) is 1.42. The fourth-order valence-electron chi connectivity index (χ4n) is 2.73. The van der Waals surface area contributed by atoms with Crippen LogP contribution in [0.1, 0.15) is 48.0 Å². The first-order valence-electron chi connectivity index (χ1n) is 7.30. The monoisotopic (exact) mass is 286 g/mol. The average molecular weight is 286 g/mol. The molecule has 2 nitrogen and oxygen atoms in total. The molecule has 1 atom stereocenters. The second kappa shape index (κ2) is 5.86. The Bertz CT molecular complexity index is 618. The van der Waals surface area contributed by atoms with Crippen LogP contribution in [0, 0.1) is 5.82 Å². The highest BCUT2D eigenvalue weighted by Gasteiger charge is 2.20. The molecule has 0 heterocycles. The number of hydrogen-bond acceptors (Lipinski definition) is 2. The molecule has 1 saturated carbocycles. The molecule has 0 bridgehead atoms. The summed E-state index contributed by atoms with van der Waals surface area (Å²) in [6.07, 6.45) is 3.06. The van der Waals surface area contributed by atoms with E-state index in [-0.39, 0.29) is 5.75 Å². The van der Waals surface area contributed by atoms with E-state index in [1.54, 1.807) is 12.1 Å². The van der Waals surface area contributed by atoms with Crippen molar-refractivity contribution < 1.29 is 14.2 Å². The molecule has 21 heavy (non-hydrogen) atoms. The molecule has 2 aromatic rings. The Hall–Kier alpha value is -1.87. The topological polar surface area (TPSA) is 29.5 Å². The average Bonchev–Trinajstić information content (AvgIpc) is 2.46. The summed E-state index contributed by atoms with van der Waals surface area (Å²) in [4.78, 5) is 0. The number of rotatable bonds is 4. The first-order chi connectivity index (χ1) is 10.2. The molecular formula is C18H19FO2. The minimum atomic E-state index is -0.769.